The molecule has 1 aromatic carbocycles. The number of ketones is 1. The number of benzene rings is 1. The lowest BCUT2D eigenvalue weighted by atomic mass is 9.88. The van der Waals surface area contributed by atoms with Gasteiger partial charge in [0.25, 0.3) is 0 Å². The van der Waals surface area contributed by atoms with E-state index in [2.05, 4.69) is 26.1 Å². The predicted molar refractivity (Wildman–Crippen MR) is 78.4 cm³/mol. The number of Topliss-reactive ketones (excluding diaryl/α,β-unsaturated/α-hetero) is 1. The molecule has 0 radical (unpaired) electrons. The number of aromatic nitrogens is 2. The van der Waals surface area contributed by atoms with Crippen LogP contribution in [0.2, 0.25) is 0 Å². The molecule has 0 atom stereocenters. The zero-order valence-corrected chi connectivity index (χ0v) is 12.8. The van der Waals surface area contributed by atoms with Crippen LogP contribution in [0.3, 0.4) is 0 Å². The van der Waals surface area contributed by atoms with Gasteiger partial charge in [-0.05, 0) is 31.4 Å². The standard InChI is InChI=1S/C15H15BrN2O2/c1-9-2-3-11(8-13(9)16)14-17-15(20-18-14)10-4-6-12(19)7-5-10/h2-3,8,10H,4-7H2,1H3. The van der Waals surface area contributed by atoms with Crippen molar-refractivity contribution in [1.29, 1.82) is 0 Å². The van der Waals surface area contributed by atoms with Gasteiger partial charge in [0.1, 0.15) is 5.78 Å². The van der Waals surface area contributed by atoms with Crippen LogP contribution in [0.15, 0.2) is 27.2 Å². The van der Waals surface area contributed by atoms with Gasteiger partial charge in [-0.1, -0.05) is 33.2 Å². The number of rotatable bonds is 2. The number of aryl methyl sites for hydroxylation is 1. The highest BCUT2D eigenvalue weighted by Gasteiger charge is 2.25. The second-order valence-electron chi connectivity index (χ2n) is 5.23. The van der Waals surface area contributed by atoms with Crippen molar-refractivity contribution in [1.82, 2.24) is 10.1 Å². The molecule has 1 aliphatic carbocycles. The fraction of sp³-hybridized carbons (Fsp3) is 0.400. The Bertz CT molecular complexity index is 641. The molecule has 0 amide bonds. The molecule has 4 nitrogen and oxygen atoms in total. The van der Waals surface area contributed by atoms with Crippen LogP contribution in [0.1, 0.15) is 43.1 Å². The highest BCUT2D eigenvalue weighted by atomic mass is 79.9. The van der Waals surface area contributed by atoms with Crippen molar-refractivity contribution < 1.29 is 9.32 Å². The van der Waals surface area contributed by atoms with Crippen LogP contribution in [0.25, 0.3) is 11.4 Å². The molecule has 1 fully saturated rings. The van der Waals surface area contributed by atoms with E-state index in [1.165, 1.54) is 5.56 Å². The molecule has 3 rings (SSSR count). The first-order valence-electron chi connectivity index (χ1n) is 6.75. The lowest BCUT2D eigenvalue weighted by molar-refractivity contribution is -0.120. The maximum absolute atomic E-state index is 11.3. The van der Waals surface area contributed by atoms with Crippen LogP contribution in [0.5, 0.6) is 0 Å². The number of hydrogen-bond acceptors (Lipinski definition) is 4. The van der Waals surface area contributed by atoms with Crippen LogP contribution in [-0.2, 0) is 4.79 Å². The summed E-state index contributed by atoms with van der Waals surface area (Å²) in [6.07, 6.45) is 2.88. The van der Waals surface area contributed by atoms with Gasteiger partial charge in [-0.15, -0.1) is 0 Å². The van der Waals surface area contributed by atoms with E-state index in [0.29, 0.717) is 30.3 Å². The van der Waals surface area contributed by atoms with Crippen molar-refractivity contribution >= 4 is 21.7 Å². The first-order valence-corrected chi connectivity index (χ1v) is 7.54. The zero-order chi connectivity index (χ0) is 14.1. The number of hydrogen-bond donors (Lipinski definition) is 0. The molecule has 104 valence electrons. The van der Waals surface area contributed by atoms with Crippen molar-refractivity contribution in [2.45, 2.75) is 38.5 Å². The van der Waals surface area contributed by atoms with E-state index in [4.69, 9.17) is 4.52 Å². The third kappa shape index (κ3) is 2.68. The molecule has 0 aliphatic heterocycles. The molecule has 1 saturated carbocycles. The van der Waals surface area contributed by atoms with Gasteiger partial charge in [-0.3, -0.25) is 4.79 Å². The molecule has 0 bridgehead atoms. The molecule has 1 heterocycles. The molecule has 0 saturated heterocycles. The van der Waals surface area contributed by atoms with Crippen molar-refractivity contribution in [3.05, 3.63) is 34.1 Å². The summed E-state index contributed by atoms with van der Waals surface area (Å²) in [5, 5.41) is 4.06. The Hall–Kier alpha value is -1.49. The minimum atomic E-state index is 0.225. The molecule has 0 N–H and O–H groups in total. The minimum Gasteiger partial charge on any atom is -0.339 e. The number of carbonyl (C=O) groups is 1. The first kappa shape index (κ1) is 13.5. The molecule has 0 spiro atoms. The first-order chi connectivity index (χ1) is 9.63. The summed E-state index contributed by atoms with van der Waals surface area (Å²) in [5.74, 6) is 1.83. The Labute approximate surface area is 125 Å². The summed E-state index contributed by atoms with van der Waals surface area (Å²) in [5.41, 5.74) is 2.10. The topological polar surface area (TPSA) is 56.0 Å². The van der Waals surface area contributed by atoms with E-state index in [1.54, 1.807) is 0 Å². The predicted octanol–water partition coefficient (Wildman–Crippen LogP) is 4.03. The van der Waals surface area contributed by atoms with E-state index in [1.807, 2.05) is 25.1 Å². The number of halogens is 1. The van der Waals surface area contributed by atoms with Gasteiger partial charge in [-0.2, -0.15) is 4.98 Å². The molecular weight excluding hydrogens is 320 g/mol. The van der Waals surface area contributed by atoms with Gasteiger partial charge < -0.3 is 4.52 Å². The van der Waals surface area contributed by atoms with Gasteiger partial charge in [0.2, 0.25) is 11.7 Å². The van der Waals surface area contributed by atoms with Crippen LogP contribution in [0, 0.1) is 6.92 Å². The third-order valence-corrected chi connectivity index (χ3v) is 4.62. The van der Waals surface area contributed by atoms with E-state index in [9.17, 15) is 4.79 Å². The monoisotopic (exact) mass is 334 g/mol. The number of nitrogens with zero attached hydrogens (tertiary/aromatic N) is 2. The summed E-state index contributed by atoms with van der Waals surface area (Å²) >= 11 is 3.51. The summed E-state index contributed by atoms with van der Waals surface area (Å²) < 4.78 is 6.41. The number of carbonyl (C=O) groups excluding carboxylic acids is 1. The maximum Gasteiger partial charge on any atom is 0.230 e. The Morgan fingerprint density at radius 1 is 1.30 bits per heavy atom. The smallest absolute Gasteiger partial charge is 0.230 e. The van der Waals surface area contributed by atoms with Crippen molar-refractivity contribution in [3.63, 3.8) is 0 Å². The Morgan fingerprint density at radius 3 is 2.75 bits per heavy atom. The van der Waals surface area contributed by atoms with Gasteiger partial charge in [-0.25, -0.2) is 0 Å². The molecule has 1 aliphatic rings. The SMILES string of the molecule is Cc1ccc(-c2noc(C3CCC(=O)CC3)n2)cc1Br. The zero-order valence-electron chi connectivity index (χ0n) is 11.2. The van der Waals surface area contributed by atoms with Gasteiger partial charge in [0.15, 0.2) is 0 Å². The lowest BCUT2D eigenvalue weighted by Crippen LogP contribution is -2.12. The largest absolute Gasteiger partial charge is 0.339 e. The quantitative estimate of drug-likeness (QED) is 0.831. The summed E-state index contributed by atoms with van der Waals surface area (Å²) in [4.78, 5) is 15.8. The highest BCUT2D eigenvalue weighted by Crippen LogP contribution is 2.31. The van der Waals surface area contributed by atoms with Crippen molar-refractivity contribution in [2.75, 3.05) is 0 Å². The summed E-state index contributed by atoms with van der Waals surface area (Å²) in [7, 11) is 0. The minimum absolute atomic E-state index is 0.225. The molecule has 0 unspecified atom stereocenters. The van der Waals surface area contributed by atoms with E-state index >= 15 is 0 Å². The second kappa shape index (κ2) is 5.48. The van der Waals surface area contributed by atoms with Crippen molar-refractivity contribution in [2.24, 2.45) is 0 Å². The summed E-state index contributed by atoms with van der Waals surface area (Å²) in [6.45, 7) is 2.04. The molecule has 2 aromatic rings. The maximum atomic E-state index is 11.3. The van der Waals surface area contributed by atoms with Gasteiger partial charge in [0, 0.05) is 28.8 Å². The van der Waals surface area contributed by atoms with Gasteiger partial charge in [0.05, 0.1) is 0 Å². The lowest BCUT2D eigenvalue weighted by Gasteiger charge is -2.16. The van der Waals surface area contributed by atoms with Crippen LogP contribution in [-0.4, -0.2) is 15.9 Å². The fourth-order valence-electron chi connectivity index (χ4n) is 2.44. The Morgan fingerprint density at radius 2 is 2.05 bits per heavy atom. The fourth-order valence-corrected chi connectivity index (χ4v) is 2.82. The van der Waals surface area contributed by atoms with E-state index < -0.39 is 0 Å². The van der Waals surface area contributed by atoms with Crippen LogP contribution < -0.4 is 0 Å². The molecule has 1 aromatic heterocycles. The average molecular weight is 335 g/mol. The Balaban J connectivity index is 1.82. The third-order valence-electron chi connectivity index (χ3n) is 3.76. The molecule has 5 heteroatoms. The molecule has 20 heavy (non-hydrogen) atoms. The van der Waals surface area contributed by atoms with Gasteiger partial charge >= 0.3 is 0 Å². The van der Waals surface area contributed by atoms with E-state index in [0.717, 1.165) is 22.9 Å². The second-order valence-corrected chi connectivity index (χ2v) is 6.09. The van der Waals surface area contributed by atoms with Crippen LogP contribution >= 0.6 is 15.9 Å². The van der Waals surface area contributed by atoms with Crippen LogP contribution in [0.4, 0.5) is 0 Å². The Kier molecular flexibility index (Phi) is 3.70. The van der Waals surface area contributed by atoms with Crippen molar-refractivity contribution in [3.8, 4) is 11.4 Å². The molecular formula is C15H15BrN2O2. The van der Waals surface area contributed by atoms with E-state index in [-0.39, 0.29) is 5.92 Å². The normalized spacial score (nSPS) is 16.6. The highest BCUT2D eigenvalue weighted by molar-refractivity contribution is 9.10. The summed E-state index contributed by atoms with van der Waals surface area (Å²) in [6, 6.07) is 6.00. The average Bonchev–Trinajstić information content (AvgIpc) is 2.92.